The van der Waals surface area contributed by atoms with Gasteiger partial charge < -0.3 is 19.8 Å². The summed E-state index contributed by atoms with van der Waals surface area (Å²) in [5.74, 6) is -0.195. The average molecular weight is 882 g/mol. The standard InChI is InChI=1S/C52H101N2O6P/c1-6-8-10-12-14-16-18-20-22-23-24-25-26-27-28-29-30-31-32-33-35-37-39-41-43-45-51(55)50(49-60-61(57,58)59-48-47-54(3,4)5)53-52(56)46-44-42-40-38-36-34-21-19-17-15-13-11-9-7-2/h19,21,35,37,43,45,50-51,55H,6-18,20,22-34,36,38-42,44,46-49H2,1-5H3,(H-,53,56,57,58)/p+1/b21-19-,37-35+,45-43+. The Morgan fingerprint density at radius 3 is 1.31 bits per heavy atom. The van der Waals surface area contributed by atoms with Gasteiger partial charge in [-0.05, 0) is 57.8 Å². The number of rotatable bonds is 47. The second-order valence-corrected chi connectivity index (χ2v) is 20.3. The fourth-order valence-electron chi connectivity index (χ4n) is 7.46. The lowest BCUT2D eigenvalue weighted by Gasteiger charge is -2.25. The van der Waals surface area contributed by atoms with Gasteiger partial charge in [0.25, 0.3) is 0 Å². The van der Waals surface area contributed by atoms with E-state index in [0.717, 1.165) is 51.4 Å². The second-order valence-electron chi connectivity index (χ2n) is 18.9. The lowest BCUT2D eigenvalue weighted by atomic mass is 10.0. The molecule has 3 N–H and O–H groups in total. The molecule has 0 saturated heterocycles. The molecule has 9 heteroatoms. The molecule has 0 rings (SSSR count). The van der Waals surface area contributed by atoms with Crippen molar-refractivity contribution < 1.29 is 32.9 Å². The van der Waals surface area contributed by atoms with Crippen LogP contribution < -0.4 is 5.32 Å². The third-order valence-corrected chi connectivity index (χ3v) is 12.6. The first kappa shape index (κ1) is 59.7. The van der Waals surface area contributed by atoms with Crippen LogP contribution >= 0.6 is 7.82 Å². The summed E-state index contributed by atoms with van der Waals surface area (Å²) in [5.41, 5.74) is 0. The molecule has 0 saturated carbocycles. The van der Waals surface area contributed by atoms with E-state index in [2.05, 4.69) is 43.5 Å². The summed E-state index contributed by atoms with van der Waals surface area (Å²) in [4.78, 5) is 23.2. The molecule has 0 fully saturated rings. The maximum atomic E-state index is 12.9. The van der Waals surface area contributed by atoms with Crippen molar-refractivity contribution in [1.29, 1.82) is 0 Å². The number of phosphoric acid groups is 1. The fraction of sp³-hybridized carbons (Fsp3) is 0.865. The quantitative estimate of drug-likeness (QED) is 0.0243. The first-order valence-corrected chi connectivity index (χ1v) is 27.4. The summed E-state index contributed by atoms with van der Waals surface area (Å²) >= 11 is 0. The van der Waals surface area contributed by atoms with Gasteiger partial charge in [-0.3, -0.25) is 13.8 Å². The Hall–Kier alpha value is -1.28. The molecule has 3 atom stereocenters. The second kappa shape index (κ2) is 43.9. The zero-order valence-electron chi connectivity index (χ0n) is 40.9. The molecule has 360 valence electrons. The van der Waals surface area contributed by atoms with Crippen LogP contribution in [0, 0.1) is 0 Å². The number of quaternary nitrogens is 1. The van der Waals surface area contributed by atoms with E-state index in [-0.39, 0.29) is 19.1 Å². The Balaban J connectivity index is 4.30. The summed E-state index contributed by atoms with van der Waals surface area (Å²) in [7, 11) is 1.55. The maximum Gasteiger partial charge on any atom is 0.472 e. The molecule has 0 heterocycles. The number of amides is 1. The predicted octanol–water partition coefficient (Wildman–Crippen LogP) is 15.0. The average Bonchev–Trinajstić information content (AvgIpc) is 3.21. The van der Waals surface area contributed by atoms with Gasteiger partial charge >= 0.3 is 7.82 Å². The normalized spacial score (nSPS) is 14.4. The van der Waals surface area contributed by atoms with Gasteiger partial charge in [0.2, 0.25) is 5.91 Å². The zero-order chi connectivity index (χ0) is 45.0. The number of nitrogens with one attached hydrogen (secondary N) is 1. The van der Waals surface area contributed by atoms with Crippen LogP contribution in [0.5, 0.6) is 0 Å². The molecular formula is C52H102N2O6P+. The summed E-state index contributed by atoms with van der Waals surface area (Å²) in [6, 6.07) is -0.866. The van der Waals surface area contributed by atoms with E-state index >= 15 is 0 Å². The summed E-state index contributed by atoms with van der Waals surface area (Å²) in [6.07, 6.45) is 55.2. The highest BCUT2D eigenvalue weighted by Crippen LogP contribution is 2.43. The van der Waals surface area contributed by atoms with Crippen molar-refractivity contribution >= 4 is 13.7 Å². The third kappa shape index (κ3) is 46.5. The topological polar surface area (TPSA) is 105 Å². The predicted molar refractivity (Wildman–Crippen MR) is 263 cm³/mol. The number of likely N-dealkylation sites (N-methyl/N-ethyl adjacent to an activating group) is 1. The fourth-order valence-corrected chi connectivity index (χ4v) is 8.20. The molecule has 0 radical (unpaired) electrons. The van der Waals surface area contributed by atoms with Gasteiger partial charge in [-0.1, -0.05) is 211 Å². The Labute approximate surface area is 378 Å². The van der Waals surface area contributed by atoms with Crippen molar-refractivity contribution in [3.63, 3.8) is 0 Å². The van der Waals surface area contributed by atoms with E-state index in [4.69, 9.17) is 9.05 Å². The van der Waals surface area contributed by atoms with E-state index in [9.17, 15) is 19.4 Å². The van der Waals surface area contributed by atoms with Crippen LogP contribution in [0.1, 0.15) is 239 Å². The summed E-state index contributed by atoms with van der Waals surface area (Å²) in [5, 5.41) is 13.9. The van der Waals surface area contributed by atoms with Crippen LogP contribution in [0.25, 0.3) is 0 Å². The minimum atomic E-state index is -4.35. The van der Waals surface area contributed by atoms with Crippen LogP contribution in [0.4, 0.5) is 0 Å². The van der Waals surface area contributed by atoms with Crippen LogP contribution in [0.3, 0.4) is 0 Å². The van der Waals surface area contributed by atoms with Crippen LogP contribution in [-0.4, -0.2) is 73.4 Å². The molecular weight excluding hydrogens is 780 g/mol. The van der Waals surface area contributed by atoms with Gasteiger partial charge in [-0.15, -0.1) is 0 Å². The number of hydrogen-bond acceptors (Lipinski definition) is 5. The van der Waals surface area contributed by atoms with Gasteiger partial charge in [0.05, 0.1) is 39.9 Å². The lowest BCUT2D eigenvalue weighted by Crippen LogP contribution is -2.45. The largest absolute Gasteiger partial charge is 0.472 e. The number of aliphatic hydroxyl groups excluding tert-OH is 1. The van der Waals surface area contributed by atoms with Crippen LogP contribution in [0.15, 0.2) is 36.5 Å². The number of carbonyl (C=O) groups is 1. The smallest absolute Gasteiger partial charge is 0.387 e. The molecule has 1 amide bonds. The highest BCUT2D eigenvalue weighted by molar-refractivity contribution is 7.47. The number of allylic oxidation sites excluding steroid dienone is 5. The van der Waals surface area contributed by atoms with Crippen molar-refractivity contribution in [2.75, 3.05) is 40.9 Å². The van der Waals surface area contributed by atoms with Crippen molar-refractivity contribution in [3.8, 4) is 0 Å². The van der Waals surface area contributed by atoms with Gasteiger partial charge in [0, 0.05) is 6.42 Å². The molecule has 0 aromatic rings. The number of phosphoric ester groups is 1. The molecule has 0 aromatic carbocycles. The van der Waals surface area contributed by atoms with E-state index in [0.29, 0.717) is 17.4 Å². The van der Waals surface area contributed by atoms with Gasteiger partial charge in [-0.2, -0.15) is 0 Å². The highest BCUT2D eigenvalue weighted by Gasteiger charge is 2.27. The van der Waals surface area contributed by atoms with Gasteiger partial charge in [0.1, 0.15) is 13.2 Å². The third-order valence-electron chi connectivity index (χ3n) is 11.6. The zero-order valence-corrected chi connectivity index (χ0v) is 41.8. The summed E-state index contributed by atoms with van der Waals surface area (Å²) in [6.45, 7) is 4.79. The first-order chi connectivity index (χ1) is 29.5. The molecule has 8 nitrogen and oxygen atoms in total. The number of aliphatic hydroxyl groups is 1. The Kier molecular flexibility index (Phi) is 43.0. The van der Waals surface area contributed by atoms with Crippen molar-refractivity contribution in [3.05, 3.63) is 36.5 Å². The van der Waals surface area contributed by atoms with Crippen molar-refractivity contribution in [2.45, 2.75) is 251 Å². The highest BCUT2D eigenvalue weighted by atomic mass is 31.2. The van der Waals surface area contributed by atoms with Crippen molar-refractivity contribution in [2.24, 2.45) is 0 Å². The number of nitrogens with zero attached hydrogens (tertiary/aromatic N) is 1. The number of hydrogen-bond donors (Lipinski definition) is 3. The number of carbonyl (C=O) groups excluding carboxylic acids is 1. The van der Waals surface area contributed by atoms with E-state index in [1.54, 1.807) is 6.08 Å². The minimum absolute atomic E-state index is 0.0548. The lowest BCUT2D eigenvalue weighted by molar-refractivity contribution is -0.870. The molecule has 0 aromatic heterocycles. The molecule has 3 unspecified atom stereocenters. The molecule has 0 bridgehead atoms. The minimum Gasteiger partial charge on any atom is -0.387 e. The molecule has 0 spiro atoms. The number of unbranched alkanes of at least 4 members (excludes halogenated alkanes) is 30. The Morgan fingerprint density at radius 1 is 0.541 bits per heavy atom. The SMILES string of the molecule is CCCCCCC/C=C\CCCCCCCC(=O)NC(COP(=O)(O)OCC[N+](C)(C)C)C(O)/C=C/CC/C=C/CCCCCCCCCCCCCCCCCCCCC. The Morgan fingerprint density at radius 2 is 0.902 bits per heavy atom. The first-order valence-electron chi connectivity index (χ1n) is 25.9. The van der Waals surface area contributed by atoms with Crippen molar-refractivity contribution in [1.82, 2.24) is 5.32 Å². The van der Waals surface area contributed by atoms with Gasteiger partial charge in [0.15, 0.2) is 0 Å². The molecule has 61 heavy (non-hydrogen) atoms. The monoisotopic (exact) mass is 882 g/mol. The van der Waals surface area contributed by atoms with Crippen LogP contribution in [-0.2, 0) is 18.4 Å². The summed E-state index contributed by atoms with van der Waals surface area (Å²) < 4.78 is 23.6. The maximum absolute atomic E-state index is 12.9. The van der Waals surface area contributed by atoms with Crippen LogP contribution in [0.2, 0.25) is 0 Å². The molecule has 0 aliphatic heterocycles. The molecule has 0 aliphatic carbocycles. The molecule has 0 aliphatic rings. The van der Waals surface area contributed by atoms with E-state index < -0.39 is 20.0 Å². The van der Waals surface area contributed by atoms with E-state index in [1.807, 2.05) is 27.2 Å². The Bertz CT molecular complexity index is 1090. The van der Waals surface area contributed by atoms with E-state index in [1.165, 1.54) is 167 Å². The van der Waals surface area contributed by atoms with Gasteiger partial charge in [-0.25, -0.2) is 4.57 Å².